The van der Waals surface area contributed by atoms with Gasteiger partial charge in [0.2, 0.25) is 0 Å². The van der Waals surface area contributed by atoms with Crippen LogP contribution in [-0.4, -0.2) is 37.8 Å². The van der Waals surface area contributed by atoms with E-state index < -0.39 is 0 Å². The van der Waals surface area contributed by atoms with Crippen LogP contribution in [0.3, 0.4) is 0 Å². The van der Waals surface area contributed by atoms with Crippen LogP contribution in [0.15, 0.2) is 39.4 Å². The summed E-state index contributed by atoms with van der Waals surface area (Å²) in [6, 6.07) is 5.75. The highest BCUT2D eigenvalue weighted by Gasteiger charge is 2.19. The molecule has 1 aromatic carbocycles. The van der Waals surface area contributed by atoms with Crippen molar-refractivity contribution in [2.45, 2.75) is 11.3 Å². The van der Waals surface area contributed by atoms with Crippen LogP contribution in [0.4, 0.5) is 0 Å². The minimum absolute atomic E-state index is 0.656. The van der Waals surface area contributed by atoms with E-state index >= 15 is 0 Å². The van der Waals surface area contributed by atoms with Gasteiger partial charge in [0, 0.05) is 41.3 Å². The van der Waals surface area contributed by atoms with E-state index in [2.05, 4.69) is 16.9 Å². The fourth-order valence-corrected chi connectivity index (χ4v) is 3.09. The lowest BCUT2D eigenvalue weighted by molar-refractivity contribution is 0.350. The topological polar surface area (TPSA) is 67.6 Å². The normalized spacial score (nSPS) is 17.7. The van der Waals surface area contributed by atoms with Gasteiger partial charge >= 0.3 is 0 Å². The van der Waals surface area contributed by atoms with Crippen molar-refractivity contribution in [3.8, 4) is 0 Å². The zero-order valence-corrected chi connectivity index (χ0v) is 13.3. The first kappa shape index (κ1) is 15.4. The van der Waals surface area contributed by atoms with E-state index in [-0.39, 0.29) is 0 Å². The maximum Gasteiger partial charge on any atom is 0.0694 e. The highest BCUT2D eigenvalue weighted by Crippen LogP contribution is 2.25. The van der Waals surface area contributed by atoms with Gasteiger partial charge in [-0.2, -0.15) is 0 Å². The molecule has 0 atom stereocenters. The van der Waals surface area contributed by atoms with Gasteiger partial charge in [-0.1, -0.05) is 11.6 Å². The Bertz CT molecular complexity index is 568. The molecular weight excluding hydrogens is 292 g/mol. The molecule has 108 valence electrons. The van der Waals surface area contributed by atoms with Crippen molar-refractivity contribution < 1.29 is 0 Å². The number of halogens is 1. The summed E-state index contributed by atoms with van der Waals surface area (Å²) in [5, 5.41) is 6.28. The number of likely N-dealkylation sites (N-methyl/N-ethyl adjacent to an activating group) is 1. The molecule has 0 fully saturated rings. The van der Waals surface area contributed by atoms with Crippen molar-refractivity contribution in [1.29, 1.82) is 0 Å². The van der Waals surface area contributed by atoms with Crippen LogP contribution in [0.1, 0.15) is 12.0 Å². The number of rotatable bonds is 3. The van der Waals surface area contributed by atoms with Gasteiger partial charge in [-0.25, -0.2) is 0 Å². The third kappa shape index (κ3) is 3.35. The molecule has 0 spiro atoms. The summed E-state index contributed by atoms with van der Waals surface area (Å²) in [5.41, 5.74) is 10.1. The van der Waals surface area contributed by atoms with Crippen molar-refractivity contribution in [2.24, 2.45) is 15.9 Å². The first-order chi connectivity index (χ1) is 9.55. The number of benzene rings is 1. The molecule has 4 nitrogen and oxygen atoms in total. The number of nitrogens with two attached hydrogens (primary N) is 2. The van der Waals surface area contributed by atoms with E-state index in [4.69, 9.17) is 22.5 Å². The van der Waals surface area contributed by atoms with Gasteiger partial charge in [-0.15, -0.1) is 0 Å². The fourth-order valence-electron chi connectivity index (χ4n) is 2.40. The van der Waals surface area contributed by atoms with Gasteiger partial charge in [-0.05, 0) is 49.2 Å². The van der Waals surface area contributed by atoms with Crippen molar-refractivity contribution in [2.75, 3.05) is 27.2 Å². The average molecular weight is 311 g/mol. The predicted molar refractivity (Wildman–Crippen MR) is 87.3 cm³/mol. The quantitative estimate of drug-likeness (QED) is 0.664. The second-order valence-electron chi connectivity index (χ2n) is 4.86. The lowest BCUT2D eigenvalue weighted by Gasteiger charge is -2.26. The Morgan fingerprint density at radius 2 is 2.15 bits per heavy atom. The molecule has 0 bridgehead atoms. The van der Waals surface area contributed by atoms with Gasteiger partial charge < -0.3 is 10.6 Å². The van der Waals surface area contributed by atoms with Crippen molar-refractivity contribution >= 4 is 29.3 Å². The maximum absolute atomic E-state index is 6.19. The molecule has 1 heterocycles. The maximum atomic E-state index is 6.19. The summed E-state index contributed by atoms with van der Waals surface area (Å²) >= 11 is 7.33. The third-order valence-electron chi connectivity index (χ3n) is 3.36. The molecule has 6 heteroatoms. The monoisotopic (exact) mass is 310 g/mol. The van der Waals surface area contributed by atoms with E-state index in [1.165, 1.54) is 11.9 Å². The molecule has 0 amide bonds. The first-order valence-electron chi connectivity index (χ1n) is 6.36. The van der Waals surface area contributed by atoms with E-state index in [0.717, 1.165) is 47.0 Å². The number of hydrogen-bond acceptors (Lipinski definition) is 5. The molecule has 0 aromatic heterocycles. The summed E-state index contributed by atoms with van der Waals surface area (Å²) in [5.74, 6) is 0. The zero-order valence-electron chi connectivity index (χ0n) is 11.7. The van der Waals surface area contributed by atoms with Gasteiger partial charge in [0.15, 0.2) is 0 Å². The van der Waals surface area contributed by atoms with E-state index in [1.807, 2.05) is 18.2 Å². The Labute approximate surface area is 129 Å². The molecule has 2 rings (SSSR count). The Morgan fingerprint density at radius 1 is 1.40 bits per heavy atom. The highest BCUT2D eigenvalue weighted by atomic mass is 35.5. The third-order valence-corrected chi connectivity index (χ3v) is 4.09. The van der Waals surface area contributed by atoms with Crippen molar-refractivity contribution in [1.82, 2.24) is 4.90 Å². The predicted octanol–water partition coefficient (Wildman–Crippen LogP) is 2.27. The molecule has 1 aliphatic heterocycles. The highest BCUT2D eigenvalue weighted by molar-refractivity contribution is 7.97. The molecule has 0 saturated carbocycles. The van der Waals surface area contributed by atoms with Gasteiger partial charge in [0.1, 0.15) is 0 Å². The summed E-state index contributed by atoms with van der Waals surface area (Å²) < 4.78 is 0. The zero-order chi connectivity index (χ0) is 14.7. The Hall–Kier alpha value is -1.01. The lowest BCUT2D eigenvalue weighted by atomic mass is 9.95. The molecule has 1 aromatic rings. The van der Waals surface area contributed by atoms with Crippen LogP contribution >= 0.6 is 23.5 Å². The Balaban J connectivity index is 2.44. The van der Waals surface area contributed by atoms with Crippen LogP contribution in [-0.2, 0) is 0 Å². The van der Waals surface area contributed by atoms with E-state index in [9.17, 15) is 0 Å². The number of hydrogen-bond donors (Lipinski definition) is 2. The number of nitrogens with zero attached hydrogens (tertiary/aromatic N) is 2. The average Bonchev–Trinajstić information content (AvgIpc) is 2.41. The van der Waals surface area contributed by atoms with Crippen LogP contribution in [0.5, 0.6) is 0 Å². The second-order valence-corrected chi connectivity index (χ2v) is 6.00. The minimum atomic E-state index is 0.656. The van der Waals surface area contributed by atoms with Gasteiger partial charge in [-0.3, -0.25) is 10.1 Å². The van der Waals surface area contributed by atoms with Crippen molar-refractivity contribution in [3.05, 3.63) is 40.1 Å². The van der Waals surface area contributed by atoms with Gasteiger partial charge in [0.05, 0.1) is 5.71 Å². The summed E-state index contributed by atoms with van der Waals surface area (Å²) in [7, 11) is 3.85. The summed E-state index contributed by atoms with van der Waals surface area (Å²) in [6.07, 6.45) is 0.895. The van der Waals surface area contributed by atoms with Crippen LogP contribution in [0.2, 0.25) is 5.02 Å². The van der Waals surface area contributed by atoms with E-state index in [1.54, 1.807) is 7.05 Å². The SMILES string of the molecule is CN=C(C1=C(N)CN(C)CC1)c1cc(Cl)cc(SN)c1. The van der Waals surface area contributed by atoms with Crippen LogP contribution in [0, 0.1) is 0 Å². The lowest BCUT2D eigenvalue weighted by Crippen LogP contribution is -2.33. The molecule has 1 aliphatic rings. The Kier molecular flexibility index (Phi) is 5.10. The minimum Gasteiger partial charge on any atom is -0.401 e. The van der Waals surface area contributed by atoms with Gasteiger partial charge in [0.25, 0.3) is 0 Å². The molecule has 0 unspecified atom stereocenters. The van der Waals surface area contributed by atoms with E-state index in [0.29, 0.717) is 5.02 Å². The molecule has 0 aliphatic carbocycles. The summed E-state index contributed by atoms with van der Waals surface area (Å²) in [4.78, 5) is 7.54. The first-order valence-corrected chi connectivity index (χ1v) is 7.61. The van der Waals surface area contributed by atoms with Crippen molar-refractivity contribution in [3.63, 3.8) is 0 Å². The van der Waals surface area contributed by atoms with Crippen LogP contribution < -0.4 is 10.9 Å². The molecule has 20 heavy (non-hydrogen) atoms. The molecular formula is C14H19ClN4S. The largest absolute Gasteiger partial charge is 0.401 e. The standard InChI is InChI=1S/C14H19ClN4S/c1-18-14(12-3-4-19(2)8-13(12)16)9-5-10(15)7-11(6-9)20-17/h5-7H,3-4,8,16-17H2,1-2H3. The molecule has 0 radical (unpaired) electrons. The second kappa shape index (κ2) is 6.63. The molecule has 0 saturated heterocycles. The fraction of sp³-hybridized carbons (Fsp3) is 0.357. The number of aliphatic imine (C=N–C) groups is 1. The molecule has 4 N–H and O–H groups in total. The summed E-state index contributed by atoms with van der Waals surface area (Å²) in [6.45, 7) is 1.75. The van der Waals surface area contributed by atoms with Crippen LogP contribution in [0.25, 0.3) is 0 Å². The smallest absolute Gasteiger partial charge is 0.0694 e. The Morgan fingerprint density at radius 3 is 2.75 bits per heavy atom.